The minimum atomic E-state index is -1.05. The summed E-state index contributed by atoms with van der Waals surface area (Å²) in [4.78, 5) is 0. The van der Waals surface area contributed by atoms with Crippen molar-refractivity contribution in [3.63, 3.8) is 0 Å². The summed E-state index contributed by atoms with van der Waals surface area (Å²) in [6.07, 6.45) is 0. The average molecular weight is 418 g/mol. The topological polar surface area (TPSA) is 38.0 Å². The van der Waals surface area contributed by atoms with Gasteiger partial charge in [-0.05, 0) is 51.5 Å². The molecule has 0 aliphatic heterocycles. The van der Waals surface area contributed by atoms with Gasteiger partial charge < -0.3 is 5.11 Å². The highest BCUT2D eigenvalue weighted by atomic mass is 79.9. The van der Waals surface area contributed by atoms with Crippen LogP contribution in [0.5, 0.6) is 0 Å². The van der Waals surface area contributed by atoms with Crippen LogP contribution in [0.4, 0.5) is 0 Å². The largest absolute Gasteiger partial charge is 0.384 e. The number of aryl methyl sites for hydroxylation is 1. The van der Waals surface area contributed by atoms with Gasteiger partial charge in [0.15, 0.2) is 0 Å². The van der Waals surface area contributed by atoms with Crippen molar-refractivity contribution in [1.82, 2.24) is 9.78 Å². The molecular weight excluding hydrogens is 399 g/mol. The molecule has 23 heavy (non-hydrogen) atoms. The van der Waals surface area contributed by atoms with E-state index < -0.39 is 5.60 Å². The number of rotatable bonds is 4. The lowest BCUT2D eigenvalue weighted by Gasteiger charge is -2.14. The molecule has 0 atom stereocenters. The molecule has 2 rings (SSSR count). The van der Waals surface area contributed by atoms with E-state index in [1.54, 1.807) is 25.5 Å². The third kappa shape index (κ3) is 4.00. The molecule has 0 saturated carbocycles. The van der Waals surface area contributed by atoms with Crippen LogP contribution < -0.4 is 0 Å². The molecule has 0 bridgehead atoms. The fourth-order valence-corrected chi connectivity index (χ4v) is 3.29. The normalized spacial score (nSPS) is 13.2. The Bertz CT molecular complexity index is 756. The van der Waals surface area contributed by atoms with Crippen molar-refractivity contribution >= 4 is 44.8 Å². The molecule has 1 N–H and O–H groups in total. The van der Waals surface area contributed by atoms with Gasteiger partial charge in [0, 0.05) is 15.1 Å². The summed E-state index contributed by atoms with van der Waals surface area (Å²) in [5.41, 5.74) is 3.15. The van der Waals surface area contributed by atoms with Crippen LogP contribution in [0, 0.1) is 6.92 Å². The maximum absolute atomic E-state index is 10.3. The molecule has 0 unspecified atom stereocenters. The Morgan fingerprint density at radius 1 is 1.35 bits per heavy atom. The quantitative estimate of drug-likeness (QED) is 0.665. The fraction of sp³-hybridized carbons (Fsp3) is 0.353. The van der Waals surface area contributed by atoms with Crippen molar-refractivity contribution in [2.75, 3.05) is 5.88 Å². The van der Waals surface area contributed by atoms with E-state index in [4.69, 9.17) is 23.2 Å². The standard InChI is InChI=1S/C17H19BrCl2N2O/c1-10-7-12(18)5-6-13(10)14-8-16(17(3,4)23)21-22(14)15(9-19)11(2)20/h5-8,23H,9H2,1-4H3/b15-11-. The van der Waals surface area contributed by atoms with Gasteiger partial charge in [0.2, 0.25) is 0 Å². The van der Waals surface area contributed by atoms with E-state index in [1.165, 1.54) is 0 Å². The first-order chi connectivity index (χ1) is 10.6. The van der Waals surface area contributed by atoms with E-state index in [9.17, 15) is 5.11 Å². The number of hydrogen-bond acceptors (Lipinski definition) is 2. The van der Waals surface area contributed by atoms with Crippen molar-refractivity contribution < 1.29 is 5.11 Å². The molecule has 2 aromatic rings. The number of aromatic nitrogens is 2. The molecule has 1 aromatic heterocycles. The zero-order chi connectivity index (χ0) is 17.4. The Morgan fingerprint density at radius 2 is 2.00 bits per heavy atom. The zero-order valence-electron chi connectivity index (χ0n) is 13.5. The fourth-order valence-electron chi connectivity index (χ4n) is 2.29. The molecule has 0 fully saturated rings. The van der Waals surface area contributed by atoms with Gasteiger partial charge in [-0.2, -0.15) is 5.10 Å². The van der Waals surface area contributed by atoms with Gasteiger partial charge in [0.25, 0.3) is 0 Å². The minimum absolute atomic E-state index is 0.227. The van der Waals surface area contributed by atoms with E-state index in [0.717, 1.165) is 21.3 Å². The maximum Gasteiger partial charge on any atom is 0.103 e. The number of benzene rings is 1. The maximum atomic E-state index is 10.3. The molecule has 0 radical (unpaired) electrons. The van der Waals surface area contributed by atoms with Crippen molar-refractivity contribution in [3.05, 3.63) is 45.0 Å². The Hall–Kier alpha value is -0.810. The molecule has 124 valence electrons. The van der Waals surface area contributed by atoms with Crippen LogP contribution in [0.25, 0.3) is 17.0 Å². The van der Waals surface area contributed by atoms with Gasteiger partial charge in [0.05, 0.1) is 23.0 Å². The molecule has 0 amide bonds. The predicted octanol–water partition coefficient (Wildman–Crippen LogP) is 5.51. The summed E-state index contributed by atoms with van der Waals surface area (Å²) in [6, 6.07) is 7.90. The number of aliphatic hydroxyl groups is 1. The van der Waals surface area contributed by atoms with Crippen LogP contribution in [0.15, 0.2) is 33.8 Å². The third-order valence-corrected chi connectivity index (χ3v) is 4.55. The summed E-state index contributed by atoms with van der Waals surface area (Å²) in [6.45, 7) is 7.22. The monoisotopic (exact) mass is 416 g/mol. The van der Waals surface area contributed by atoms with E-state index >= 15 is 0 Å². The minimum Gasteiger partial charge on any atom is -0.384 e. The van der Waals surface area contributed by atoms with E-state index in [2.05, 4.69) is 21.0 Å². The molecule has 0 saturated heterocycles. The highest BCUT2D eigenvalue weighted by Gasteiger charge is 2.24. The molecule has 1 heterocycles. The first-order valence-electron chi connectivity index (χ1n) is 7.16. The average Bonchev–Trinajstić information content (AvgIpc) is 2.84. The van der Waals surface area contributed by atoms with E-state index in [0.29, 0.717) is 16.4 Å². The van der Waals surface area contributed by atoms with Gasteiger partial charge in [-0.25, -0.2) is 4.68 Å². The molecule has 6 heteroatoms. The highest BCUT2D eigenvalue weighted by molar-refractivity contribution is 9.10. The number of halogens is 3. The second-order valence-electron chi connectivity index (χ2n) is 5.96. The summed E-state index contributed by atoms with van der Waals surface area (Å²) in [5, 5.41) is 15.4. The van der Waals surface area contributed by atoms with Crippen LogP contribution in [0.3, 0.4) is 0 Å². The lowest BCUT2D eigenvalue weighted by molar-refractivity contribution is 0.0735. The lowest BCUT2D eigenvalue weighted by Crippen LogP contribution is -2.17. The Labute approximate surface area is 155 Å². The van der Waals surface area contributed by atoms with Crippen molar-refractivity contribution in [3.8, 4) is 11.3 Å². The van der Waals surface area contributed by atoms with Gasteiger partial charge in [-0.1, -0.05) is 33.6 Å². The molecule has 0 aliphatic carbocycles. The van der Waals surface area contributed by atoms with Crippen molar-refractivity contribution in [2.45, 2.75) is 33.3 Å². The van der Waals surface area contributed by atoms with Crippen LogP contribution in [0.2, 0.25) is 0 Å². The van der Waals surface area contributed by atoms with Gasteiger partial charge in [0.1, 0.15) is 5.60 Å². The van der Waals surface area contributed by atoms with Crippen molar-refractivity contribution in [2.24, 2.45) is 0 Å². The predicted molar refractivity (Wildman–Crippen MR) is 101 cm³/mol. The summed E-state index contributed by atoms with van der Waals surface area (Å²) < 4.78 is 2.73. The van der Waals surface area contributed by atoms with Gasteiger partial charge in [-0.15, -0.1) is 11.6 Å². The Balaban J connectivity index is 2.75. The third-order valence-electron chi connectivity index (χ3n) is 3.58. The van der Waals surface area contributed by atoms with Crippen LogP contribution >= 0.6 is 39.1 Å². The number of nitrogens with zero attached hydrogens (tertiary/aromatic N) is 2. The number of alkyl halides is 1. The molecule has 0 spiro atoms. The van der Waals surface area contributed by atoms with Crippen LogP contribution in [-0.4, -0.2) is 20.8 Å². The van der Waals surface area contributed by atoms with Crippen LogP contribution in [-0.2, 0) is 5.60 Å². The molecule has 0 aliphatic rings. The Kier molecular flexibility index (Phi) is 5.62. The van der Waals surface area contributed by atoms with Crippen LogP contribution in [0.1, 0.15) is 32.0 Å². The summed E-state index contributed by atoms with van der Waals surface area (Å²) in [7, 11) is 0. The smallest absolute Gasteiger partial charge is 0.103 e. The first-order valence-corrected chi connectivity index (χ1v) is 8.86. The van der Waals surface area contributed by atoms with Gasteiger partial charge >= 0.3 is 0 Å². The lowest BCUT2D eigenvalue weighted by atomic mass is 10.0. The molecule has 1 aromatic carbocycles. The molecular formula is C17H19BrCl2N2O. The number of hydrogen-bond donors (Lipinski definition) is 1. The second-order valence-corrected chi connectivity index (χ2v) is 7.71. The zero-order valence-corrected chi connectivity index (χ0v) is 16.6. The molecule has 3 nitrogen and oxygen atoms in total. The second kappa shape index (κ2) is 6.98. The Morgan fingerprint density at radius 3 is 2.48 bits per heavy atom. The summed E-state index contributed by atoms with van der Waals surface area (Å²) in [5.74, 6) is 0.227. The summed E-state index contributed by atoms with van der Waals surface area (Å²) >= 11 is 15.7. The van der Waals surface area contributed by atoms with Gasteiger partial charge in [-0.3, -0.25) is 0 Å². The van der Waals surface area contributed by atoms with Crippen molar-refractivity contribution in [1.29, 1.82) is 0 Å². The first kappa shape index (κ1) is 18.5. The SMILES string of the molecule is C/C(Cl)=C(\CCl)n1nc(C(C)(C)O)cc1-c1ccc(Br)cc1C. The highest BCUT2D eigenvalue weighted by Crippen LogP contribution is 2.32. The van der Waals surface area contributed by atoms with E-state index in [1.807, 2.05) is 31.2 Å². The van der Waals surface area contributed by atoms with E-state index in [-0.39, 0.29) is 5.88 Å². The number of allylic oxidation sites excluding steroid dienone is 2.